The number of fused-ring (bicyclic) bond motifs is 1. The summed E-state index contributed by atoms with van der Waals surface area (Å²) in [5.41, 5.74) is 4.98. The number of rotatable bonds is 5. The molecule has 2 N–H and O–H groups in total. The molecule has 1 amide bonds. The zero-order valence-electron chi connectivity index (χ0n) is 17.8. The Hall–Kier alpha value is -3.30. The number of nitrogens with one attached hydrogen (secondary N) is 1. The Labute approximate surface area is 185 Å². The summed E-state index contributed by atoms with van der Waals surface area (Å²) >= 11 is 0. The lowest BCUT2D eigenvalue weighted by Crippen LogP contribution is -2.48. The maximum Gasteiger partial charge on any atom is 0.270 e. The van der Waals surface area contributed by atoms with Gasteiger partial charge in [0, 0.05) is 37.6 Å². The summed E-state index contributed by atoms with van der Waals surface area (Å²) in [6, 6.07) is 9.58. The molecule has 1 saturated heterocycles. The molecule has 0 aliphatic carbocycles. The van der Waals surface area contributed by atoms with Gasteiger partial charge in [0.25, 0.3) is 5.91 Å². The van der Waals surface area contributed by atoms with Crippen LogP contribution in [0.4, 0.5) is 0 Å². The van der Waals surface area contributed by atoms with Gasteiger partial charge >= 0.3 is 0 Å². The Balaban J connectivity index is 1.36. The third-order valence-corrected chi connectivity index (χ3v) is 5.83. The maximum atomic E-state index is 12.9. The largest absolute Gasteiger partial charge is 0.491 e. The lowest BCUT2D eigenvalue weighted by molar-refractivity contribution is -0.0261. The van der Waals surface area contributed by atoms with E-state index in [2.05, 4.69) is 20.6 Å². The first kappa shape index (κ1) is 20.6. The number of aliphatic hydroxyl groups is 1. The fraction of sp³-hybridized carbons (Fsp3) is 0.391. The van der Waals surface area contributed by atoms with Crippen molar-refractivity contribution in [1.29, 1.82) is 0 Å². The highest BCUT2D eigenvalue weighted by Crippen LogP contribution is 2.31. The van der Waals surface area contributed by atoms with Crippen LogP contribution < -0.4 is 10.1 Å². The number of carbonyl (C=O) groups is 1. The molecule has 32 heavy (non-hydrogen) atoms. The van der Waals surface area contributed by atoms with Gasteiger partial charge in [-0.05, 0) is 18.1 Å². The quantitative estimate of drug-likeness (QED) is 0.621. The van der Waals surface area contributed by atoms with E-state index < -0.39 is 6.10 Å². The van der Waals surface area contributed by atoms with Gasteiger partial charge in [0.2, 0.25) is 0 Å². The van der Waals surface area contributed by atoms with Gasteiger partial charge in [-0.25, -0.2) is 4.98 Å². The summed E-state index contributed by atoms with van der Waals surface area (Å²) in [7, 11) is 1.84. The van der Waals surface area contributed by atoms with Crippen LogP contribution >= 0.6 is 0 Å². The van der Waals surface area contributed by atoms with E-state index in [9.17, 15) is 9.90 Å². The van der Waals surface area contributed by atoms with E-state index in [1.165, 1.54) is 0 Å². The highest BCUT2D eigenvalue weighted by atomic mass is 16.5. The number of aromatic nitrogens is 4. The van der Waals surface area contributed by atoms with Gasteiger partial charge in [-0.15, -0.1) is 5.10 Å². The van der Waals surface area contributed by atoms with Crippen molar-refractivity contribution in [1.82, 2.24) is 25.3 Å². The topological polar surface area (TPSA) is 111 Å². The van der Waals surface area contributed by atoms with Gasteiger partial charge in [-0.3, -0.25) is 9.48 Å². The molecule has 0 bridgehead atoms. The van der Waals surface area contributed by atoms with Crippen LogP contribution in [0.25, 0.3) is 11.3 Å². The molecule has 2 atom stereocenters. The summed E-state index contributed by atoms with van der Waals surface area (Å²) < 4.78 is 12.7. The lowest BCUT2D eigenvalue weighted by atomic mass is 10.0. The number of benzene rings is 1. The van der Waals surface area contributed by atoms with Crippen LogP contribution in [0.5, 0.6) is 5.75 Å². The van der Waals surface area contributed by atoms with Crippen LogP contribution in [-0.4, -0.2) is 63.0 Å². The summed E-state index contributed by atoms with van der Waals surface area (Å²) in [4.78, 5) is 17.4. The fourth-order valence-electron chi connectivity index (χ4n) is 4.11. The SMILES string of the molecule is Cn1cc(-c2ccc(Cc3cc(C(=O)N[C@@H]4CCOC[C@H]4O)nc4c3OCC4)cc2)nn1. The van der Waals surface area contributed by atoms with Crippen molar-refractivity contribution in [3.8, 4) is 17.0 Å². The predicted octanol–water partition coefficient (Wildman–Crippen LogP) is 1.28. The van der Waals surface area contributed by atoms with Gasteiger partial charge in [0.05, 0.1) is 37.3 Å². The van der Waals surface area contributed by atoms with E-state index in [4.69, 9.17) is 9.47 Å². The Kier molecular flexibility index (Phi) is 5.59. The smallest absolute Gasteiger partial charge is 0.270 e. The Morgan fingerprint density at radius 3 is 2.88 bits per heavy atom. The van der Waals surface area contributed by atoms with Crippen molar-refractivity contribution in [3.05, 3.63) is 59.0 Å². The van der Waals surface area contributed by atoms with Crippen LogP contribution in [-0.2, 0) is 24.6 Å². The fourth-order valence-corrected chi connectivity index (χ4v) is 4.11. The van der Waals surface area contributed by atoms with Gasteiger partial charge in [0.15, 0.2) is 0 Å². The standard InChI is InChI=1S/C23H25N5O4/c1-28-12-20(26-27-28)15-4-2-14(3-5-15)10-16-11-19(24-18-7-9-32-22(16)18)23(30)25-17-6-8-31-13-21(17)29/h2-5,11-12,17,21,29H,6-10,13H2,1H3,(H,25,30)/t17-,21-/m1/s1. The van der Waals surface area contributed by atoms with E-state index in [-0.39, 0.29) is 18.6 Å². The molecule has 0 radical (unpaired) electrons. The third-order valence-electron chi connectivity index (χ3n) is 5.83. The number of hydrogen-bond acceptors (Lipinski definition) is 7. The van der Waals surface area contributed by atoms with Crippen LogP contribution in [0.15, 0.2) is 36.5 Å². The Morgan fingerprint density at radius 1 is 1.28 bits per heavy atom. The molecule has 9 heteroatoms. The van der Waals surface area contributed by atoms with E-state index in [1.54, 1.807) is 10.7 Å². The number of carbonyl (C=O) groups excluding carboxylic acids is 1. The van der Waals surface area contributed by atoms with E-state index >= 15 is 0 Å². The van der Waals surface area contributed by atoms with E-state index in [0.717, 1.165) is 33.8 Å². The second-order valence-corrected chi connectivity index (χ2v) is 8.20. The molecular weight excluding hydrogens is 410 g/mol. The normalized spacial score (nSPS) is 19.9. The monoisotopic (exact) mass is 435 g/mol. The minimum atomic E-state index is -0.710. The minimum Gasteiger partial charge on any atom is -0.491 e. The molecule has 1 aromatic carbocycles. The van der Waals surface area contributed by atoms with Crippen LogP contribution in [0.3, 0.4) is 0 Å². The summed E-state index contributed by atoms with van der Waals surface area (Å²) in [5, 5.41) is 21.1. The first-order chi connectivity index (χ1) is 15.6. The van der Waals surface area contributed by atoms with Crippen molar-refractivity contribution in [2.45, 2.75) is 31.4 Å². The molecular formula is C23H25N5O4. The Bertz CT molecular complexity index is 1130. The molecule has 5 rings (SSSR count). The van der Waals surface area contributed by atoms with E-state index in [0.29, 0.717) is 38.2 Å². The van der Waals surface area contributed by atoms with Gasteiger partial charge in [0.1, 0.15) is 17.1 Å². The van der Waals surface area contributed by atoms with Gasteiger partial charge in [-0.1, -0.05) is 29.5 Å². The van der Waals surface area contributed by atoms with Crippen LogP contribution in [0, 0.1) is 0 Å². The second kappa shape index (κ2) is 8.68. The molecule has 1 fully saturated rings. The van der Waals surface area contributed by atoms with E-state index in [1.807, 2.05) is 37.5 Å². The van der Waals surface area contributed by atoms with Gasteiger partial charge < -0.3 is 19.9 Å². The number of nitrogens with zero attached hydrogens (tertiary/aromatic N) is 4. The van der Waals surface area contributed by atoms with Crippen molar-refractivity contribution < 1.29 is 19.4 Å². The molecule has 9 nitrogen and oxygen atoms in total. The number of pyridine rings is 1. The highest BCUT2D eigenvalue weighted by Gasteiger charge is 2.27. The molecule has 166 valence electrons. The molecule has 2 aliphatic heterocycles. The first-order valence-electron chi connectivity index (χ1n) is 10.7. The zero-order chi connectivity index (χ0) is 22.1. The number of aliphatic hydroxyl groups excluding tert-OH is 1. The number of hydrogen-bond donors (Lipinski definition) is 2. The second-order valence-electron chi connectivity index (χ2n) is 8.20. The van der Waals surface area contributed by atoms with Crippen LogP contribution in [0.2, 0.25) is 0 Å². The third kappa shape index (κ3) is 4.21. The molecule has 0 spiro atoms. The summed E-state index contributed by atoms with van der Waals surface area (Å²) in [6.07, 6.45) is 3.03. The van der Waals surface area contributed by atoms with Crippen molar-refractivity contribution in [2.24, 2.45) is 7.05 Å². The lowest BCUT2D eigenvalue weighted by Gasteiger charge is -2.28. The first-order valence-corrected chi connectivity index (χ1v) is 10.7. The minimum absolute atomic E-state index is 0.228. The molecule has 0 saturated carbocycles. The number of amides is 1. The zero-order valence-corrected chi connectivity index (χ0v) is 17.8. The van der Waals surface area contributed by atoms with Crippen molar-refractivity contribution in [3.63, 3.8) is 0 Å². The molecule has 3 aromatic rings. The van der Waals surface area contributed by atoms with Gasteiger partial charge in [-0.2, -0.15) is 0 Å². The van der Waals surface area contributed by atoms with Crippen molar-refractivity contribution in [2.75, 3.05) is 19.8 Å². The molecule has 2 aliphatic rings. The Morgan fingerprint density at radius 2 is 2.12 bits per heavy atom. The molecule has 4 heterocycles. The van der Waals surface area contributed by atoms with Crippen molar-refractivity contribution >= 4 is 5.91 Å². The van der Waals surface area contributed by atoms with Crippen LogP contribution in [0.1, 0.15) is 33.7 Å². The maximum absolute atomic E-state index is 12.9. The average Bonchev–Trinajstić information content (AvgIpc) is 3.45. The highest BCUT2D eigenvalue weighted by molar-refractivity contribution is 5.93. The summed E-state index contributed by atoms with van der Waals surface area (Å²) in [6.45, 7) is 1.31. The molecule has 2 aromatic heterocycles. The number of aryl methyl sites for hydroxylation is 1. The number of ether oxygens (including phenoxy) is 2. The average molecular weight is 435 g/mol. The molecule has 0 unspecified atom stereocenters. The predicted molar refractivity (Wildman–Crippen MR) is 115 cm³/mol. The summed E-state index contributed by atoms with van der Waals surface area (Å²) in [5.74, 6) is 0.482.